The standard InChI is InChI=1S/C23H20ClN7/c24-19-11-7-10-18(14-19)16-26-31-23-29-21(25-15-17-8-3-1-4-9-17)28-22(30-23)27-20-12-5-2-6-13-20/h1-14,16H,15H2,(H3,25,27,28,29,30,31). The molecule has 0 saturated heterocycles. The Morgan fingerprint density at radius 3 is 2.26 bits per heavy atom. The molecule has 31 heavy (non-hydrogen) atoms. The van der Waals surface area contributed by atoms with E-state index in [4.69, 9.17) is 11.6 Å². The van der Waals surface area contributed by atoms with Crippen molar-refractivity contribution < 1.29 is 0 Å². The van der Waals surface area contributed by atoms with Gasteiger partial charge in [0, 0.05) is 17.3 Å². The summed E-state index contributed by atoms with van der Waals surface area (Å²) in [4.78, 5) is 13.3. The van der Waals surface area contributed by atoms with Crippen LogP contribution in [0.1, 0.15) is 11.1 Å². The molecule has 0 radical (unpaired) electrons. The molecule has 8 heteroatoms. The Hall–Kier alpha value is -3.97. The predicted molar refractivity (Wildman–Crippen MR) is 126 cm³/mol. The molecular weight excluding hydrogens is 410 g/mol. The van der Waals surface area contributed by atoms with E-state index in [1.54, 1.807) is 6.21 Å². The largest absolute Gasteiger partial charge is 0.350 e. The summed E-state index contributed by atoms with van der Waals surface area (Å²) < 4.78 is 0. The average Bonchev–Trinajstić information content (AvgIpc) is 2.79. The molecule has 3 N–H and O–H groups in total. The van der Waals surface area contributed by atoms with Crippen molar-refractivity contribution in [3.63, 3.8) is 0 Å². The molecule has 1 heterocycles. The van der Waals surface area contributed by atoms with E-state index in [1.165, 1.54) is 0 Å². The van der Waals surface area contributed by atoms with E-state index in [1.807, 2.05) is 84.9 Å². The van der Waals surface area contributed by atoms with E-state index in [9.17, 15) is 0 Å². The van der Waals surface area contributed by atoms with Gasteiger partial charge in [0.15, 0.2) is 0 Å². The quantitative estimate of drug-likeness (QED) is 0.259. The molecule has 0 spiro atoms. The summed E-state index contributed by atoms with van der Waals surface area (Å²) in [6, 6.07) is 27.1. The Kier molecular flexibility index (Phi) is 6.67. The van der Waals surface area contributed by atoms with Crippen molar-refractivity contribution in [1.29, 1.82) is 0 Å². The maximum absolute atomic E-state index is 6.01. The lowest BCUT2D eigenvalue weighted by atomic mass is 10.2. The van der Waals surface area contributed by atoms with Gasteiger partial charge in [-0.3, -0.25) is 0 Å². The maximum Gasteiger partial charge on any atom is 0.250 e. The van der Waals surface area contributed by atoms with E-state index >= 15 is 0 Å². The van der Waals surface area contributed by atoms with Gasteiger partial charge in [-0.15, -0.1) is 0 Å². The van der Waals surface area contributed by atoms with Crippen LogP contribution in [0.2, 0.25) is 5.02 Å². The van der Waals surface area contributed by atoms with Crippen LogP contribution in [0, 0.1) is 0 Å². The number of halogens is 1. The zero-order chi connectivity index (χ0) is 21.3. The smallest absolute Gasteiger partial charge is 0.250 e. The highest BCUT2D eigenvalue weighted by atomic mass is 35.5. The molecule has 3 aromatic carbocycles. The Balaban J connectivity index is 1.52. The van der Waals surface area contributed by atoms with Crippen LogP contribution in [0.5, 0.6) is 0 Å². The minimum atomic E-state index is 0.308. The maximum atomic E-state index is 6.01. The van der Waals surface area contributed by atoms with Crippen LogP contribution in [-0.4, -0.2) is 21.2 Å². The van der Waals surface area contributed by atoms with Gasteiger partial charge in [-0.25, -0.2) is 5.43 Å². The third kappa shape index (κ3) is 6.25. The topological polar surface area (TPSA) is 87.1 Å². The van der Waals surface area contributed by atoms with Gasteiger partial charge in [0.05, 0.1) is 6.21 Å². The van der Waals surface area contributed by atoms with Gasteiger partial charge < -0.3 is 10.6 Å². The van der Waals surface area contributed by atoms with Gasteiger partial charge in [0.1, 0.15) is 0 Å². The number of nitrogens with one attached hydrogen (secondary N) is 3. The lowest BCUT2D eigenvalue weighted by molar-refractivity contribution is 0.999. The first-order chi connectivity index (χ1) is 15.2. The van der Waals surface area contributed by atoms with E-state index in [-0.39, 0.29) is 0 Å². The molecular formula is C23H20ClN7. The van der Waals surface area contributed by atoms with E-state index in [0.29, 0.717) is 29.4 Å². The van der Waals surface area contributed by atoms with Crippen molar-refractivity contribution in [1.82, 2.24) is 15.0 Å². The molecule has 0 aliphatic rings. The SMILES string of the molecule is Clc1cccc(C=NNc2nc(NCc3ccccc3)nc(Nc3ccccc3)n2)c1. The van der Waals surface area contributed by atoms with E-state index < -0.39 is 0 Å². The third-order valence-electron chi connectivity index (χ3n) is 4.19. The number of aromatic nitrogens is 3. The van der Waals surface area contributed by atoms with Gasteiger partial charge in [-0.05, 0) is 35.4 Å². The molecule has 0 aliphatic carbocycles. The number of anilines is 4. The molecule has 7 nitrogen and oxygen atoms in total. The van der Waals surface area contributed by atoms with Crippen molar-refractivity contribution in [3.8, 4) is 0 Å². The summed E-state index contributed by atoms with van der Waals surface area (Å²) in [6.45, 7) is 0.584. The number of hydrogen-bond acceptors (Lipinski definition) is 7. The van der Waals surface area contributed by atoms with Crippen molar-refractivity contribution in [2.24, 2.45) is 5.10 Å². The fourth-order valence-electron chi connectivity index (χ4n) is 2.74. The van der Waals surface area contributed by atoms with Crippen molar-refractivity contribution in [2.45, 2.75) is 6.54 Å². The second-order valence-corrected chi connectivity index (χ2v) is 7.00. The van der Waals surface area contributed by atoms with Crippen LogP contribution in [-0.2, 0) is 6.54 Å². The molecule has 0 fully saturated rings. The van der Waals surface area contributed by atoms with Crippen LogP contribution in [0.4, 0.5) is 23.5 Å². The molecule has 4 aromatic rings. The molecule has 0 amide bonds. The number of hydrogen-bond donors (Lipinski definition) is 3. The molecule has 0 unspecified atom stereocenters. The second-order valence-electron chi connectivity index (χ2n) is 6.56. The monoisotopic (exact) mass is 429 g/mol. The highest BCUT2D eigenvalue weighted by Crippen LogP contribution is 2.16. The number of benzene rings is 3. The number of hydrazone groups is 1. The lowest BCUT2D eigenvalue weighted by Crippen LogP contribution is -2.09. The minimum absolute atomic E-state index is 0.308. The summed E-state index contributed by atoms with van der Waals surface area (Å²) in [5.74, 6) is 1.14. The summed E-state index contributed by atoms with van der Waals surface area (Å²) in [5, 5.41) is 11.3. The Morgan fingerprint density at radius 1 is 0.774 bits per heavy atom. The molecule has 0 bridgehead atoms. The molecule has 0 aliphatic heterocycles. The van der Waals surface area contributed by atoms with Crippen LogP contribution in [0.25, 0.3) is 0 Å². The molecule has 4 rings (SSSR count). The third-order valence-corrected chi connectivity index (χ3v) is 4.42. The number of para-hydroxylation sites is 1. The van der Waals surface area contributed by atoms with Crippen molar-refractivity contribution in [2.75, 3.05) is 16.1 Å². The minimum Gasteiger partial charge on any atom is -0.350 e. The zero-order valence-electron chi connectivity index (χ0n) is 16.5. The van der Waals surface area contributed by atoms with Gasteiger partial charge in [-0.1, -0.05) is 72.3 Å². The van der Waals surface area contributed by atoms with Crippen molar-refractivity contribution >= 4 is 41.3 Å². The zero-order valence-corrected chi connectivity index (χ0v) is 17.3. The van der Waals surface area contributed by atoms with E-state index in [2.05, 4.69) is 36.1 Å². The first-order valence-corrected chi connectivity index (χ1v) is 10.0. The second kappa shape index (κ2) is 10.2. The van der Waals surface area contributed by atoms with Crippen LogP contribution >= 0.6 is 11.6 Å². The predicted octanol–water partition coefficient (Wildman–Crippen LogP) is 5.33. The Bertz CT molecular complexity index is 1150. The lowest BCUT2D eigenvalue weighted by Gasteiger charge is -2.10. The first-order valence-electron chi connectivity index (χ1n) is 9.65. The molecule has 154 valence electrons. The molecule has 0 saturated carbocycles. The highest BCUT2D eigenvalue weighted by molar-refractivity contribution is 6.30. The Labute approximate surface area is 185 Å². The fourth-order valence-corrected chi connectivity index (χ4v) is 2.94. The number of rotatable bonds is 8. The summed E-state index contributed by atoms with van der Waals surface area (Å²) in [7, 11) is 0. The fraction of sp³-hybridized carbons (Fsp3) is 0.0435. The van der Waals surface area contributed by atoms with Gasteiger partial charge >= 0.3 is 0 Å². The normalized spacial score (nSPS) is 10.7. The van der Waals surface area contributed by atoms with Crippen molar-refractivity contribution in [3.05, 3.63) is 101 Å². The average molecular weight is 430 g/mol. The number of nitrogens with zero attached hydrogens (tertiary/aromatic N) is 4. The summed E-state index contributed by atoms with van der Waals surface area (Å²) in [6.07, 6.45) is 1.65. The molecule has 0 atom stereocenters. The first kappa shape index (κ1) is 20.3. The van der Waals surface area contributed by atoms with Gasteiger partial charge in [0.25, 0.3) is 0 Å². The van der Waals surface area contributed by atoms with Gasteiger partial charge in [0.2, 0.25) is 17.8 Å². The van der Waals surface area contributed by atoms with Crippen LogP contribution in [0.3, 0.4) is 0 Å². The molecule has 1 aromatic heterocycles. The summed E-state index contributed by atoms with van der Waals surface area (Å²) in [5.41, 5.74) is 5.71. The highest BCUT2D eigenvalue weighted by Gasteiger charge is 2.07. The van der Waals surface area contributed by atoms with Gasteiger partial charge in [-0.2, -0.15) is 20.1 Å². The Morgan fingerprint density at radius 2 is 1.48 bits per heavy atom. The van der Waals surface area contributed by atoms with Crippen LogP contribution in [0.15, 0.2) is 90.0 Å². The van der Waals surface area contributed by atoms with E-state index in [0.717, 1.165) is 16.8 Å². The van der Waals surface area contributed by atoms with Crippen LogP contribution < -0.4 is 16.1 Å². The summed E-state index contributed by atoms with van der Waals surface area (Å²) >= 11 is 6.01.